The van der Waals surface area contributed by atoms with Crippen LogP contribution in [0.5, 0.6) is 0 Å². The number of hydrogen-bond acceptors (Lipinski definition) is 4. The smallest absolute Gasteiger partial charge is 0.244 e. The number of hydrogen-bond donors (Lipinski definition) is 1. The van der Waals surface area contributed by atoms with Gasteiger partial charge in [0, 0.05) is 13.1 Å². The van der Waals surface area contributed by atoms with Crippen LogP contribution in [-0.4, -0.2) is 50.7 Å². The summed E-state index contributed by atoms with van der Waals surface area (Å²) >= 11 is 0. The van der Waals surface area contributed by atoms with Crippen molar-refractivity contribution in [3.05, 3.63) is 29.8 Å². The van der Waals surface area contributed by atoms with Crippen LogP contribution >= 0.6 is 12.4 Å². The van der Waals surface area contributed by atoms with Crippen LogP contribution in [0.1, 0.15) is 50.5 Å². The zero-order valence-corrected chi connectivity index (χ0v) is 18.6. The molecule has 5 nitrogen and oxygen atoms in total. The fourth-order valence-electron chi connectivity index (χ4n) is 4.55. The molecule has 2 aliphatic rings. The predicted molar refractivity (Wildman–Crippen MR) is 115 cm³/mol. The standard InChI is InChI=1S/C21H32N2O3S.ClH/c1-17-5-7-19(8-6-17)27(25,26)21(12-3-4-13-21)20(24)23-15-10-18(11-16-23)9-14-22-2;/h5-8,18,22H,3-4,9-16H2,1-2H3;1H. The average molecular weight is 429 g/mol. The second kappa shape index (κ2) is 9.59. The lowest BCUT2D eigenvalue weighted by molar-refractivity contribution is -0.135. The minimum Gasteiger partial charge on any atom is -0.341 e. The highest BCUT2D eigenvalue weighted by Crippen LogP contribution is 2.42. The predicted octanol–water partition coefficient (Wildman–Crippen LogP) is 3.35. The number of aryl methyl sites for hydroxylation is 1. The van der Waals surface area contributed by atoms with Crippen molar-refractivity contribution in [2.24, 2.45) is 5.92 Å². The molecule has 0 unspecified atom stereocenters. The van der Waals surface area contributed by atoms with E-state index in [1.807, 2.05) is 31.0 Å². The highest BCUT2D eigenvalue weighted by Gasteiger charge is 2.54. The Labute approximate surface area is 175 Å². The zero-order valence-electron chi connectivity index (χ0n) is 16.9. The molecule has 1 saturated heterocycles. The molecular weight excluding hydrogens is 396 g/mol. The number of amides is 1. The summed E-state index contributed by atoms with van der Waals surface area (Å²) in [5, 5.41) is 3.18. The molecule has 1 saturated carbocycles. The second-order valence-corrected chi connectivity index (χ2v) is 10.4. The number of nitrogens with zero attached hydrogens (tertiary/aromatic N) is 1. The van der Waals surface area contributed by atoms with Gasteiger partial charge in [-0.3, -0.25) is 4.79 Å². The van der Waals surface area contributed by atoms with E-state index in [1.165, 1.54) is 0 Å². The first-order valence-electron chi connectivity index (χ1n) is 10.2. The van der Waals surface area contributed by atoms with E-state index < -0.39 is 14.6 Å². The van der Waals surface area contributed by atoms with Gasteiger partial charge in [-0.15, -0.1) is 12.4 Å². The topological polar surface area (TPSA) is 66.5 Å². The lowest BCUT2D eigenvalue weighted by Crippen LogP contribution is -2.54. The van der Waals surface area contributed by atoms with Crippen LogP contribution in [0.3, 0.4) is 0 Å². The van der Waals surface area contributed by atoms with Gasteiger partial charge in [0.05, 0.1) is 4.90 Å². The number of likely N-dealkylation sites (tertiary alicyclic amines) is 1. The molecule has 2 fully saturated rings. The van der Waals surface area contributed by atoms with Crippen LogP contribution in [0.4, 0.5) is 0 Å². The lowest BCUT2D eigenvalue weighted by Gasteiger charge is -2.38. The fraction of sp³-hybridized carbons (Fsp3) is 0.667. The molecule has 1 aromatic carbocycles. The quantitative estimate of drug-likeness (QED) is 0.754. The summed E-state index contributed by atoms with van der Waals surface area (Å²) in [4.78, 5) is 15.6. The minimum atomic E-state index is -3.69. The Morgan fingerprint density at radius 1 is 1.14 bits per heavy atom. The van der Waals surface area contributed by atoms with Gasteiger partial charge in [-0.25, -0.2) is 8.42 Å². The van der Waals surface area contributed by atoms with E-state index in [1.54, 1.807) is 12.1 Å². The molecule has 0 radical (unpaired) electrons. The first-order valence-corrected chi connectivity index (χ1v) is 11.6. The maximum absolute atomic E-state index is 13.5. The molecule has 7 heteroatoms. The summed E-state index contributed by atoms with van der Waals surface area (Å²) < 4.78 is 25.7. The molecule has 1 aliphatic heterocycles. The van der Waals surface area contributed by atoms with Gasteiger partial charge < -0.3 is 10.2 Å². The Hall–Kier alpha value is -1.11. The third-order valence-corrected chi connectivity index (χ3v) is 8.86. The van der Waals surface area contributed by atoms with Crippen LogP contribution in [-0.2, 0) is 14.6 Å². The number of carbonyl (C=O) groups is 1. The SMILES string of the molecule is CNCCC1CCN(C(=O)C2(S(=O)(=O)c3ccc(C)cc3)CCCC2)CC1.Cl. The van der Waals surface area contributed by atoms with Gasteiger partial charge in [0.1, 0.15) is 0 Å². The van der Waals surface area contributed by atoms with Crippen molar-refractivity contribution in [3.8, 4) is 0 Å². The number of carbonyl (C=O) groups excluding carboxylic acids is 1. The number of halogens is 1. The molecule has 0 bridgehead atoms. The van der Waals surface area contributed by atoms with Gasteiger partial charge in [-0.05, 0) is 70.7 Å². The molecule has 1 heterocycles. The maximum atomic E-state index is 13.5. The first kappa shape index (κ1) is 23.2. The average Bonchev–Trinajstić information content (AvgIpc) is 3.18. The van der Waals surface area contributed by atoms with Gasteiger partial charge in [-0.1, -0.05) is 30.5 Å². The van der Waals surface area contributed by atoms with Crippen LogP contribution in [0.15, 0.2) is 29.2 Å². The van der Waals surface area contributed by atoms with E-state index in [0.717, 1.165) is 44.2 Å². The van der Waals surface area contributed by atoms with Crippen molar-refractivity contribution in [1.29, 1.82) is 0 Å². The van der Waals surface area contributed by atoms with Crippen molar-refractivity contribution in [2.75, 3.05) is 26.7 Å². The van der Waals surface area contributed by atoms with Gasteiger partial charge >= 0.3 is 0 Å². The summed E-state index contributed by atoms with van der Waals surface area (Å²) in [5.41, 5.74) is 1.02. The van der Waals surface area contributed by atoms with E-state index in [0.29, 0.717) is 31.8 Å². The molecular formula is C21H33ClN2O3S. The highest BCUT2D eigenvalue weighted by atomic mass is 35.5. The van der Waals surface area contributed by atoms with Crippen molar-refractivity contribution in [3.63, 3.8) is 0 Å². The van der Waals surface area contributed by atoms with Gasteiger partial charge in [-0.2, -0.15) is 0 Å². The summed E-state index contributed by atoms with van der Waals surface area (Å²) in [6.45, 7) is 4.28. The molecule has 1 amide bonds. The van der Waals surface area contributed by atoms with E-state index >= 15 is 0 Å². The van der Waals surface area contributed by atoms with E-state index in [4.69, 9.17) is 0 Å². The third kappa shape index (κ3) is 4.39. The van der Waals surface area contributed by atoms with Crippen molar-refractivity contribution in [1.82, 2.24) is 10.2 Å². The van der Waals surface area contributed by atoms with Crippen molar-refractivity contribution >= 4 is 28.2 Å². The fourth-order valence-corrected chi connectivity index (χ4v) is 6.68. The first-order chi connectivity index (χ1) is 12.9. The van der Waals surface area contributed by atoms with Crippen molar-refractivity contribution < 1.29 is 13.2 Å². The summed E-state index contributed by atoms with van der Waals surface area (Å²) in [6, 6.07) is 6.94. The van der Waals surface area contributed by atoms with Crippen molar-refractivity contribution in [2.45, 2.75) is 61.5 Å². The van der Waals surface area contributed by atoms with Crippen LogP contribution in [0.25, 0.3) is 0 Å². The molecule has 0 atom stereocenters. The van der Waals surface area contributed by atoms with E-state index in [-0.39, 0.29) is 23.2 Å². The minimum absolute atomic E-state index is 0. The summed E-state index contributed by atoms with van der Waals surface area (Å²) in [6.07, 6.45) is 5.54. The number of nitrogens with one attached hydrogen (secondary N) is 1. The molecule has 1 aromatic rings. The zero-order chi connectivity index (χ0) is 19.5. The van der Waals surface area contributed by atoms with Crippen LogP contribution in [0.2, 0.25) is 0 Å². The lowest BCUT2D eigenvalue weighted by atomic mass is 9.92. The molecule has 0 aromatic heterocycles. The summed E-state index contributed by atoms with van der Waals surface area (Å²) in [5.74, 6) is 0.461. The largest absolute Gasteiger partial charge is 0.341 e. The molecule has 3 rings (SSSR count). The monoisotopic (exact) mass is 428 g/mol. The maximum Gasteiger partial charge on any atom is 0.244 e. The van der Waals surface area contributed by atoms with Gasteiger partial charge in [0.25, 0.3) is 0 Å². The Bertz CT molecular complexity index is 750. The van der Waals surface area contributed by atoms with Crippen LogP contribution in [0, 0.1) is 12.8 Å². The number of benzene rings is 1. The normalized spacial score (nSPS) is 20.0. The second-order valence-electron chi connectivity index (χ2n) is 8.15. The van der Waals surface area contributed by atoms with Gasteiger partial charge in [0.15, 0.2) is 14.6 Å². The molecule has 0 spiro atoms. The summed E-state index contributed by atoms with van der Waals surface area (Å²) in [7, 11) is -1.74. The van der Waals surface area contributed by atoms with E-state index in [2.05, 4.69) is 5.32 Å². The Morgan fingerprint density at radius 3 is 2.25 bits per heavy atom. The van der Waals surface area contributed by atoms with E-state index in [9.17, 15) is 13.2 Å². The van der Waals surface area contributed by atoms with Crippen LogP contribution < -0.4 is 5.32 Å². The Kier molecular flexibility index (Phi) is 7.94. The van der Waals surface area contributed by atoms with Gasteiger partial charge in [0.2, 0.25) is 5.91 Å². The third-order valence-electron chi connectivity index (χ3n) is 6.35. The molecule has 1 aliphatic carbocycles. The number of rotatable bonds is 6. The number of sulfone groups is 1. The Balaban J connectivity index is 0.00000280. The Morgan fingerprint density at radius 2 is 1.71 bits per heavy atom. The molecule has 158 valence electrons. The number of piperidine rings is 1. The molecule has 28 heavy (non-hydrogen) atoms. The molecule has 1 N–H and O–H groups in total. The highest BCUT2D eigenvalue weighted by molar-refractivity contribution is 7.93.